The van der Waals surface area contributed by atoms with E-state index in [1.807, 2.05) is 0 Å². The maximum Gasteiger partial charge on any atom is 0.209 e. The van der Waals surface area contributed by atoms with Crippen LogP contribution in [0.1, 0.15) is 58.1 Å². The fraction of sp³-hybridized carbons (Fsp3) is 0.417. The SMILES string of the molecule is COCCN1/C(=C/C=C2\CCCC(/C=C/C3=[N+](CCOC)c4ccccc4C3(C)C)=C2Cl)C(C)(C)c2ccccc21. The van der Waals surface area contributed by atoms with Crippen LogP contribution in [0.3, 0.4) is 0 Å². The third kappa shape index (κ3) is 5.50. The highest BCUT2D eigenvalue weighted by atomic mass is 35.5. The predicted molar refractivity (Wildman–Crippen MR) is 172 cm³/mol. The average Bonchev–Trinajstić information content (AvgIpc) is 3.32. The molecular weight excluding hydrogens is 528 g/mol. The summed E-state index contributed by atoms with van der Waals surface area (Å²) in [6, 6.07) is 17.4. The molecule has 216 valence electrons. The average molecular weight is 572 g/mol. The normalized spacial score (nSPS) is 21.5. The van der Waals surface area contributed by atoms with Gasteiger partial charge in [0.05, 0.1) is 12.0 Å². The molecule has 0 spiro atoms. The largest absolute Gasteiger partial charge is 0.383 e. The number of halogens is 1. The third-order valence-electron chi connectivity index (χ3n) is 8.98. The van der Waals surface area contributed by atoms with Crippen molar-refractivity contribution >= 4 is 28.7 Å². The second-order valence-electron chi connectivity index (χ2n) is 12.2. The minimum absolute atomic E-state index is 0.0969. The Balaban J connectivity index is 1.48. The van der Waals surface area contributed by atoms with E-state index in [2.05, 4.69) is 110 Å². The van der Waals surface area contributed by atoms with Gasteiger partial charge >= 0.3 is 0 Å². The lowest BCUT2D eigenvalue weighted by Gasteiger charge is -2.27. The van der Waals surface area contributed by atoms with Crippen LogP contribution in [0, 0.1) is 0 Å². The smallest absolute Gasteiger partial charge is 0.209 e. The molecule has 1 aliphatic carbocycles. The molecule has 5 heteroatoms. The van der Waals surface area contributed by atoms with E-state index in [1.165, 1.54) is 45.1 Å². The number of methoxy groups -OCH3 is 2. The van der Waals surface area contributed by atoms with Gasteiger partial charge in [0, 0.05) is 60.3 Å². The van der Waals surface area contributed by atoms with Gasteiger partial charge in [0.25, 0.3) is 0 Å². The van der Waals surface area contributed by atoms with Crippen LogP contribution in [-0.2, 0) is 20.3 Å². The first-order valence-corrected chi connectivity index (χ1v) is 15.2. The van der Waals surface area contributed by atoms with E-state index in [1.54, 1.807) is 14.2 Å². The highest BCUT2D eigenvalue weighted by molar-refractivity contribution is 6.32. The van der Waals surface area contributed by atoms with Gasteiger partial charge in [-0.3, -0.25) is 0 Å². The molecule has 0 N–H and O–H groups in total. The molecule has 0 atom stereocenters. The van der Waals surface area contributed by atoms with Crippen molar-refractivity contribution in [3.63, 3.8) is 0 Å². The van der Waals surface area contributed by atoms with Gasteiger partial charge in [-0.2, -0.15) is 4.58 Å². The number of hydrogen-bond acceptors (Lipinski definition) is 3. The summed E-state index contributed by atoms with van der Waals surface area (Å²) in [4.78, 5) is 2.40. The molecular formula is C36H44ClN2O2+. The third-order valence-corrected chi connectivity index (χ3v) is 9.46. The van der Waals surface area contributed by atoms with Crippen molar-refractivity contribution in [2.24, 2.45) is 0 Å². The van der Waals surface area contributed by atoms with E-state index in [9.17, 15) is 0 Å². The Bertz CT molecular complexity index is 1460. The lowest BCUT2D eigenvalue weighted by Crippen LogP contribution is -2.29. The maximum atomic E-state index is 7.13. The van der Waals surface area contributed by atoms with Crippen molar-refractivity contribution in [2.45, 2.75) is 57.8 Å². The number of rotatable bonds is 9. The fourth-order valence-corrected chi connectivity index (χ4v) is 7.01. The zero-order valence-electron chi connectivity index (χ0n) is 25.5. The number of benzene rings is 2. The molecule has 5 rings (SSSR count). The van der Waals surface area contributed by atoms with Crippen molar-refractivity contribution in [1.82, 2.24) is 0 Å². The van der Waals surface area contributed by atoms with Gasteiger partial charge < -0.3 is 14.4 Å². The van der Waals surface area contributed by atoms with Gasteiger partial charge in [0.1, 0.15) is 6.61 Å². The highest BCUT2D eigenvalue weighted by Gasteiger charge is 2.44. The monoisotopic (exact) mass is 571 g/mol. The Labute approximate surface area is 251 Å². The fourth-order valence-electron chi connectivity index (χ4n) is 6.70. The van der Waals surface area contributed by atoms with E-state index in [0.717, 1.165) is 37.4 Å². The molecule has 4 nitrogen and oxygen atoms in total. The van der Waals surface area contributed by atoms with Gasteiger partial charge in [0.15, 0.2) is 12.3 Å². The molecule has 0 unspecified atom stereocenters. The van der Waals surface area contributed by atoms with Crippen molar-refractivity contribution in [1.29, 1.82) is 0 Å². The Morgan fingerprint density at radius 1 is 0.854 bits per heavy atom. The van der Waals surface area contributed by atoms with Gasteiger partial charge in [-0.1, -0.05) is 74.0 Å². The summed E-state index contributed by atoms with van der Waals surface area (Å²) < 4.78 is 13.3. The number of ether oxygens (including phenoxy) is 2. The van der Waals surface area contributed by atoms with Crippen LogP contribution < -0.4 is 4.90 Å². The summed E-state index contributed by atoms with van der Waals surface area (Å²) >= 11 is 7.13. The Kier molecular flexibility index (Phi) is 8.75. The van der Waals surface area contributed by atoms with Gasteiger partial charge in [-0.05, 0) is 62.0 Å². The van der Waals surface area contributed by atoms with Crippen molar-refractivity contribution < 1.29 is 14.0 Å². The Morgan fingerprint density at radius 3 is 2.32 bits per heavy atom. The molecule has 0 saturated carbocycles. The van der Waals surface area contributed by atoms with E-state index < -0.39 is 0 Å². The molecule has 41 heavy (non-hydrogen) atoms. The number of fused-ring (bicyclic) bond motifs is 2. The first-order chi connectivity index (χ1) is 19.7. The lowest BCUT2D eigenvalue weighted by molar-refractivity contribution is -0.441. The topological polar surface area (TPSA) is 24.7 Å². The molecule has 2 aromatic rings. The number of hydrogen-bond donors (Lipinski definition) is 0. The first-order valence-electron chi connectivity index (χ1n) is 14.8. The van der Waals surface area contributed by atoms with E-state index in [4.69, 9.17) is 21.1 Å². The minimum Gasteiger partial charge on any atom is -0.383 e. The van der Waals surface area contributed by atoms with Gasteiger partial charge in [0.2, 0.25) is 5.69 Å². The number of para-hydroxylation sites is 2. The molecule has 2 aromatic carbocycles. The van der Waals surface area contributed by atoms with Gasteiger partial charge in [-0.15, -0.1) is 0 Å². The minimum atomic E-state index is -0.0969. The predicted octanol–water partition coefficient (Wildman–Crippen LogP) is 8.20. The zero-order valence-corrected chi connectivity index (χ0v) is 26.2. The summed E-state index contributed by atoms with van der Waals surface area (Å²) in [5, 5.41) is 0.887. The molecule has 2 heterocycles. The Hall–Kier alpha value is -2.92. The number of anilines is 1. The maximum absolute atomic E-state index is 7.13. The van der Waals surface area contributed by atoms with Crippen LogP contribution in [0.2, 0.25) is 0 Å². The summed E-state index contributed by atoms with van der Waals surface area (Å²) in [5.41, 5.74) is 10.0. The lowest BCUT2D eigenvalue weighted by atomic mass is 9.81. The van der Waals surface area contributed by atoms with Crippen LogP contribution in [0.15, 0.2) is 94.7 Å². The highest BCUT2D eigenvalue weighted by Crippen LogP contribution is 2.48. The molecule has 0 aromatic heterocycles. The van der Waals surface area contributed by atoms with Crippen LogP contribution in [0.25, 0.3) is 0 Å². The second-order valence-corrected chi connectivity index (χ2v) is 12.6. The molecule has 0 amide bonds. The standard InChI is InChI=1S/C36H44ClN2O2/c1-35(2)28-14-7-9-16-30(28)38(22-24-40-5)32(35)20-18-26-12-11-13-27(34(26)37)19-21-33-36(3,4)29-15-8-10-17-31(29)39(33)23-25-41-6/h7-10,14-21H,11-13,22-25H2,1-6H3/q+1. The molecule has 2 aliphatic heterocycles. The quantitative estimate of drug-likeness (QED) is 0.284. The molecule has 0 bridgehead atoms. The van der Waals surface area contributed by atoms with Crippen LogP contribution in [-0.4, -0.2) is 50.8 Å². The summed E-state index contributed by atoms with van der Waals surface area (Å²) in [5.74, 6) is 0. The van der Waals surface area contributed by atoms with Crippen LogP contribution >= 0.6 is 11.6 Å². The summed E-state index contributed by atoms with van der Waals surface area (Å²) in [6.07, 6.45) is 12.2. The zero-order chi connectivity index (χ0) is 29.2. The van der Waals surface area contributed by atoms with Crippen molar-refractivity contribution in [3.05, 3.63) is 106 Å². The Morgan fingerprint density at radius 2 is 1.56 bits per heavy atom. The van der Waals surface area contributed by atoms with E-state index in [-0.39, 0.29) is 10.8 Å². The molecule has 0 fully saturated rings. The number of nitrogens with zero attached hydrogens (tertiary/aromatic N) is 2. The van der Waals surface area contributed by atoms with Crippen LogP contribution in [0.4, 0.5) is 11.4 Å². The molecule has 0 saturated heterocycles. The molecule has 0 radical (unpaired) electrons. The van der Waals surface area contributed by atoms with Crippen LogP contribution in [0.5, 0.6) is 0 Å². The summed E-state index contributed by atoms with van der Waals surface area (Å²) in [6.45, 7) is 12.2. The van der Waals surface area contributed by atoms with E-state index >= 15 is 0 Å². The number of allylic oxidation sites excluding steroid dienone is 8. The van der Waals surface area contributed by atoms with Crippen molar-refractivity contribution in [3.8, 4) is 0 Å². The molecule has 3 aliphatic rings. The second kappa shape index (κ2) is 12.1. The van der Waals surface area contributed by atoms with Crippen molar-refractivity contribution in [2.75, 3.05) is 45.4 Å². The van der Waals surface area contributed by atoms with Gasteiger partial charge in [-0.25, -0.2) is 0 Å². The van der Waals surface area contributed by atoms with E-state index in [0.29, 0.717) is 13.2 Å². The summed E-state index contributed by atoms with van der Waals surface area (Å²) in [7, 11) is 3.53. The first kappa shape index (κ1) is 29.6.